The maximum Gasteiger partial charge on any atom is 0.147 e. The molecule has 2 heterocycles. The fraction of sp³-hybridized carbons (Fsp3) is 0.889. The highest BCUT2D eigenvalue weighted by atomic mass is 16.5. The van der Waals surface area contributed by atoms with Gasteiger partial charge in [-0.2, -0.15) is 0 Å². The lowest BCUT2D eigenvalue weighted by Crippen LogP contribution is -2.35. The second kappa shape index (κ2) is 7.10. The molecule has 0 atom stereocenters. The van der Waals surface area contributed by atoms with Gasteiger partial charge >= 0.3 is 0 Å². The van der Waals surface area contributed by atoms with Gasteiger partial charge in [0.05, 0.1) is 18.8 Å². The smallest absolute Gasteiger partial charge is 0.147 e. The molecule has 1 saturated heterocycles. The van der Waals surface area contributed by atoms with Crippen LogP contribution < -0.4 is 5.32 Å². The third-order valence-corrected chi connectivity index (χ3v) is 5.63. The third kappa shape index (κ3) is 3.98. The first kappa shape index (κ1) is 17.8. The van der Waals surface area contributed by atoms with E-state index in [1.807, 2.05) is 13.4 Å². The molecule has 0 unspecified atom stereocenters. The number of aromatic nitrogens is 3. The summed E-state index contributed by atoms with van der Waals surface area (Å²) < 4.78 is 8.55. The van der Waals surface area contributed by atoms with E-state index in [0.29, 0.717) is 11.5 Å². The second-order valence-corrected chi connectivity index (χ2v) is 8.54. The summed E-state index contributed by atoms with van der Waals surface area (Å²) in [5.74, 6) is 1.09. The van der Waals surface area contributed by atoms with Gasteiger partial charge in [0, 0.05) is 19.1 Å². The minimum absolute atomic E-state index is 0.137. The number of hydrogen-bond donors (Lipinski definition) is 1. The highest BCUT2D eigenvalue weighted by molar-refractivity contribution is 4.99. The molecule has 2 aliphatic rings. The van der Waals surface area contributed by atoms with E-state index in [1.54, 1.807) is 0 Å². The Morgan fingerprint density at radius 2 is 2.12 bits per heavy atom. The van der Waals surface area contributed by atoms with E-state index in [1.165, 1.54) is 19.3 Å². The molecule has 0 bridgehead atoms. The molecule has 1 aliphatic carbocycles. The monoisotopic (exact) mass is 335 g/mol. The zero-order valence-electron chi connectivity index (χ0n) is 15.7. The average Bonchev–Trinajstić information content (AvgIpc) is 3.11. The van der Waals surface area contributed by atoms with Crippen LogP contribution in [0.5, 0.6) is 0 Å². The van der Waals surface area contributed by atoms with E-state index in [0.717, 1.165) is 44.9 Å². The molecule has 1 saturated carbocycles. The van der Waals surface area contributed by atoms with Crippen LogP contribution >= 0.6 is 0 Å². The van der Waals surface area contributed by atoms with Crippen molar-refractivity contribution in [1.82, 2.24) is 25.0 Å². The molecule has 1 aromatic rings. The molecule has 6 nitrogen and oxygen atoms in total. The molecule has 24 heavy (non-hydrogen) atoms. The van der Waals surface area contributed by atoms with Gasteiger partial charge in [-0.15, -0.1) is 10.2 Å². The van der Waals surface area contributed by atoms with Crippen LogP contribution in [0.3, 0.4) is 0 Å². The molecule has 3 rings (SSSR count). The Morgan fingerprint density at radius 1 is 1.38 bits per heavy atom. The quantitative estimate of drug-likeness (QED) is 0.864. The van der Waals surface area contributed by atoms with Crippen molar-refractivity contribution in [3.8, 4) is 0 Å². The molecule has 6 heteroatoms. The van der Waals surface area contributed by atoms with E-state index in [2.05, 4.69) is 45.9 Å². The molecule has 1 spiro atoms. The summed E-state index contributed by atoms with van der Waals surface area (Å²) in [6, 6.07) is 0.519. The van der Waals surface area contributed by atoms with Crippen LogP contribution in [0.2, 0.25) is 0 Å². The third-order valence-electron chi connectivity index (χ3n) is 5.63. The van der Waals surface area contributed by atoms with Crippen LogP contribution in [-0.2, 0) is 11.3 Å². The first-order chi connectivity index (χ1) is 11.4. The van der Waals surface area contributed by atoms with Crippen molar-refractivity contribution in [2.24, 2.45) is 5.41 Å². The van der Waals surface area contributed by atoms with E-state index < -0.39 is 0 Å². The summed E-state index contributed by atoms with van der Waals surface area (Å²) in [6.45, 7) is 8.42. The largest absolute Gasteiger partial charge is 0.374 e. The second-order valence-electron chi connectivity index (χ2n) is 8.54. The van der Waals surface area contributed by atoms with Crippen molar-refractivity contribution in [3.63, 3.8) is 0 Å². The highest BCUT2D eigenvalue weighted by Gasteiger charge is 2.46. The number of ether oxygens (including phenoxy) is 1. The van der Waals surface area contributed by atoms with Crippen LogP contribution in [0.15, 0.2) is 6.33 Å². The minimum atomic E-state index is 0.137. The molecule has 2 fully saturated rings. The molecular weight excluding hydrogens is 302 g/mol. The summed E-state index contributed by atoms with van der Waals surface area (Å²) in [5, 5.41) is 11.7. The van der Waals surface area contributed by atoms with Crippen LogP contribution in [0.4, 0.5) is 0 Å². The van der Waals surface area contributed by atoms with Gasteiger partial charge < -0.3 is 14.6 Å². The van der Waals surface area contributed by atoms with Crippen molar-refractivity contribution in [1.29, 1.82) is 0 Å². The Balaban J connectivity index is 1.58. The summed E-state index contributed by atoms with van der Waals surface area (Å²) in [6.07, 6.45) is 7.78. The van der Waals surface area contributed by atoms with Gasteiger partial charge in [0.25, 0.3) is 0 Å². The standard InChI is InChI=1S/C18H33N5O/c1-17(2)12-18(24-13-17)7-5-15(6-8-18)23-14-20-21-16(23)11-22(4)10-9-19-3/h14-15,19H,5-13H2,1-4H3. The molecule has 0 aromatic carbocycles. The van der Waals surface area contributed by atoms with E-state index in [-0.39, 0.29) is 5.60 Å². The average molecular weight is 335 g/mol. The van der Waals surface area contributed by atoms with Crippen LogP contribution in [-0.4, -0.2) is 59.1 Å². The van der Waals surface area contributed by atoms with Crippen LogP contribution in [0.25, 0.3) is 0 Å². The van der Waals surface area contributed by atoms with Gasteiger partial charge in [0.2, 0.25) is 0 Å². The SMILES string of the molecule is CNCCN(C)Cc1nncn1C1CCC2(CC1)CC(C)(C)CO2. The maximum atomic E-state index is 6.25. The van der Waals surface area contributed by atoms with Crippen molar-refractivity contribution in [3.05, 3.63) is 12.2 Å². The van der Waals surface area contributed by atoms with Crippen molar-refractivity contribution < 1.29 is 4.74 Å². The molecule has 1 aromatic heterocycles. The summed E-state index contributed by atoms with van der Waals surface area (Å²) in [4.78, 5) is 2.30. The van der Waals surface area contributed by atoms with Gasteiger partial charge in [0.15, 0.2) is 0 Å². The minimum Gasteiger partial charge on any atom is -0.374 e. The normalized spacial score (nSPS) is 29.6. The Bertz CT molecular complexity index is 533. The number of hydrogen-bond acceptors (Lipinski definition) is 5. The number of likely N-dealkylation sites (N-methyl/N-ethyl adjacent to an activating group) is 2. The zero-order valence-corrected chi connectivity index (χ0v) is 15.7. The van der Waals surface area contributed by atoms with Crippen molar-refractivity contribution in [2.45, 2.75) is 64.1 Å². The van der Waals surface area contributed by atoms with Gasteiger partial charge in [-0.1, -0.05) is 13.8 Å². The van der Waals surface area contributed by atoms with Crippen molar-refractivity contribution in [2.75, 3.05) is 33.8 Å². The fourth-order valence-electron chi connectivity index (χ4n) is 4.36. The number of nitrogens with zero attached hydrogens (tertiary/aromatic N) is 4. The molecule has 1 N–H and O–H groups in total. The first-order valence-corrected chi connectivity index (χ1v) is 9.29. The van der Waals surface area contributed by atoms with Gasteiger partial charge in [-0.05, 0) is 51.6 Å². The van der Waals surface area contributed by atoms with E-state index >= 15 is 0 Å². The summed E-state index contributed by atoms with van der Waals surface area (Å²) in [5.41, 5.74) is 0.475. The Morgan fingerprint density at radius 3 is 2.75 bits per heavy atom. The Labute approximate surface area is 146 Å². The molecule has 0 radical (unpaired) electrons. The van der Waals surface area contributed by atoms with E-state index in [4.69, 9.17) is 4.74 Å². The van der Waals surface area contributed by atoms with E-state index in [9.17, 15) is 0 Å². The zero-order chi connectivity index (χ0) is 17.2. The highest BCUT2D eigenvalue weighted by Crippen LogP contribution is 2.48. The maximum absolute atomic E-state index is 6.25. The summed E-state index contributed by atoms with van der Waals surface area (Å²) >= 11 is 0. The van der Waals surface area contributed by atoms with Gasteiger partial charge in [-0.3, -0.25) is 4.90 Å². The van der Waals surface area contributed by atoms with Crippen LogP contribution in [0.1, 0.15) is 57.8 Å². The van der Waals surface area contributed by atoms with Gasteiger partial charge in [0.1, 0.15) is 12.2 Å². The Kier molecular flexibility index (Phi) is 5.27. The summed E-state index contributed by atoms with van der Waals surface area (Å²) in [7, 11) is 4.13. The van der Waals surface area contributed by atoms with Crippen LogP contribution in [0, 0.1) is 5.41 Å². The lowest BCUT2D eigenvalue weighted by Gasteiger charge is -2.37. The Hall–Kier alpha value is -0.980. The number of rotatable bonds is 6. The lowest BCUT2D eigenvalue weighted by atomic mass is 9.75. The molecule has 1 aliphatic heterocycles. The molecular formula is C18H33N5O. The topological polar surface area (TPSA) is 55.2 Å². The van der Waals surface area contributed by atoms with Gasteiger partial charge in [-0.25, -0.2) is 0 Å². The predicted octanol–water partition coefficient (Wildman–Crippen LogP) is 2.23. The fourth-order valence-corrected chi connectivity index (χ4v) is 4.36. The molecule has 136 valence electrons. The number of nitrogens with one attached hydrogen (secondary N) is 1. The molecule has 0 amide bonds. The predicted molar refractivity (Wildman–Crippen MR) is 94.9 cm³/mol. The lowest BCUT2D eigenvalue weighted by molar-refractivity contribution is -0.0345. The first-order valence-electron chi connectivity index (χ1n) is 9.29. The van der Waals surface area contributed by atoms with Crippen molar-refractivity contribution >= 4 is 0 Å².